The first-order chi connectivity index (χ1) is 11.5. The lowest BCUT2D eigenvalue weighted by Gasteiger charge is -2.34. The molecule has 0 aromatic carbocycles. The van der Waals surface area contributed by atoms with E-state index >= 15 is 0 Å². The van der Waals surface area contributed by atoms with Crippen molar-refractivity contribution in [1.82, 2.24) is 29.4 Å². The average Bonchev–Trinajstić information content (AvgIpc) is 3.14. The maximum absolute atomic E-state index is 12.4. The third-order valence-corrected chi connectivity index (χ3v) is 4.63. The summed E-state index contributed by atoms with van der Waals surface area (Å²) in [5.74, 6) is 0.187. The standard InChI is InChI=1S/C16H24N6O2/c1-4-21-14-11-17-22(16(14)12(2)18-21)6-5-15(24)20-9-7-19(8-10-20)13(3)23/h11H,4-10H2,1-3H3. The van der Waals surface area contributed by atoms with Crippen LogP contribution in [0.2, 0.25) is 0 Å². The summed E-state index contributed by atoms with van der Waals surface area (Å²) in [6.07, 6.45) is 2.22. The van der Waals surface area contributed by atoms with Gasteiger partial charge in [-0.15, -0.1) is 0 Å². The molecule has 8 nitrogen and oxygen atoms in total. The maximum Gasteiger partial charge on any atom is 0.224 e. The minimum atomic E-state index is 0.0736. The summed E-state index contributed by atoms with van der Waals surface area (Å²) in [4.78, 5) is 27.4. The van der Waals surface area contributed by atoms with Gasteiger partial charge >= 0.3 is 0 Å². The van der Waals surface area contributed by atoms with Crippen molar-refractivity contribution in [1.29, 1.82) is 0 Å². The first-order valence-corrected chi connectivity index (χ1v) is 8.43. The monoisotopic (exact) mass is 332 g/mol. The molecule has 0 atom stereocenters. The van der Waals surface area contributed by atoms with Gasteiger partial charge in [0, 0.05) is 46.1 Å². The Hall–Kier alpha value is -2.38. The number of rotatable bonds is 4. The van der Waals surface area contributed by atoms with E-state index in [1.807, 2.05) is 34.3 Å². The number of fused-ring (bicyclic) bond motifs is 1. The van der Waals surface area contributed by atoms with Crippen LogP contribution in [0.25, 0.3) is 11.0 Å². The summed E-state index contributed by atoms with van der Waals surface area (Å²) in [5.41, 5.74) is 2.95. The van der Waals surface area contributed by atoms with E-state index in [1.54, 1.807) is 11.8 Å². The Morgan fingerprint density at radius 1 is 1.12 bits per heavy atom. The van der Waals surface area contributed by atoms with Crippen LogP contribution < -0.4 is 0 Å². The van der Waals surface area contributed by atoms with E-state index in [9.17, 15) is 9.59 Å². The molecule has 0 saturated carbocycles. The minimum absolute atomic E-state index is 0.0736. The van der Waals surface area contributed by atoms with Crippen LogP contribution in [0.4, 0.5) is 0 Å². The first-order valence-electron chi connectivity index (χ1n) is 8.43. The van der Waals surface area contributed by atoms with Crippen molar-refractivity contribution in [2.24, 2.45) is 0 Å². The zero-order chi connectivity index (χ0) is 17.3. The van der Waals surface area contributed by atoms with Crippen LogP contribution >= 0.6 is 0 Å². The zero-order valence-corrected chi connectivity index (χ0v) is 14.5. The van der Waals surface area contributed by atoms with E-state index in [0.717, 1.165) is 23.3 Å². The largest absolute Gasteiger partial charge is 0.339 e. The van der Waals surface area contributed by atoms with Gasteiger partial charge in [-0.25, -0.2) is 0 Å². The molecule has 3 rings (SSSR count). The molecule has 24 heavy (non-hydrogen) atoms. The third-order valence-electron chi connectivity index (χ3n) is 4.63. The lowest BCUT2D eigenvalue weighted by Crippen LogP contribution is -2.50. The number of piperazine rings is 1. The average molecular weight is 332 g/mol. The fourth-order valence-electron chi connectivity index (χ4n) is 3.26. The predicted octanol–water partition coefficient (Wildman–Crippen LogP) is 0.642. The van der Waals surface area contributed by atoms with Crippen LogP contribution in [-0.4, -0.2) is 67.4 Å². The molecule has 0 radical (unpaired) electrons. The Kier molecular flexibility index (Phi) is 4.55. The molecule has 0 bridgehead atoms. The summed E-state index contributed by atoms with van der Waals surface area (Å²) in [6, 6.07) is 0. The van der Waals surface area contributed by atoms with Crippen molar-refractivity contribution in [3.63, 3.8) is 0 Å². The second-order valence-corrected chi connectivity index (χ2v) is 6.14. The highest BCUT2D eigenvalue weighted by atomic mass is 16.2. The van der Waals surface area contributed by atoms with Gasteiger partial charge in [-0.1, -0.05) is 0 Å². The molecule has 1 aliphatic rings. The summed E-state index contributed by atoms with van der Waals surface area (Å²) < 4.78 is 3.80. The van der Waals surface area contributed by atoms with Gasteiger partial charge in [0.1, 0.15) is 11.0 Å². The minimum Gasteiger partial charge on any atom is -0.339 e. The number of amides is 2. The third kappa shape index (κ3) is 3.00. The van der Waals surface area contributed by atoms with Gasteiger partial charge in [0.25, 0.3) is 0 Å². The molecule has 8 heteroatoms. The van der Waals surface area contributed by atoms with E-state index in [4.69, 9.17) is 0 Å². The normalized spacial score (nSPS) is 15.3. The van der Waals surface area contributed by atoms with Crippen LogP contribution in [-0.2, 0) is 22.7 Å². The first kappa shape index (κ1) is 16.5. The molecule has 0 spiro atoms. The highest BCUT2D eigenvalue weighted by Gasteiger charge is 2.22. The Morgan fingerprint density at radius 3 is 2.42 bits per heavy atom. The fourth-order valence-corrected chi connectivity index (χ4v) is 3.26. The van der Waals surface area contributed by atoms with Crippen LogP contribution in [0.3, 0.4) is 0 Å². The van der Waals surface area contributed by atoms with Crippen LogP contribution in [0, 0.1) is 6.92 Å². The Bertz CT molecular complexity index is 754. The molecule has 130 valence electrons. The van der Waals surface area contributed by atoms with E-state index < -0.39 is 0 Å². The molecule has 0 N–H and O–H groups in total. The quantitative estimate of drug-likeness (QED) is 0.823. The van der Waals surface area contributed by atoms with Crippen molar-refractivity contribution in [3.05, 3.63) is 11.9 Å². The smallest absolute Gasteiger partial charge is 0.224 e. The van der Waals surface area contributed by atoms with Gasteiger partial charge in [-0.3, -0.25) is 19.0 Å². The number of carbonyl (C=O) groups is 2. The molecule has 0 unspecified atom stereocenters. The molecule has 1 fully saturated rings. The van der Waals surface area contributed by atoms with E-state index in [-0.39, 0.29) is 11.8 Å². The number of nitrogens with zero attached hydrogens (tertiary/aromatic N) is 6. The van der Waals surface area contributed by atoms with Crippen LogP contribution in [0.5, 0.6) is 0 Å². The summed E-state index contributed by atoms with van der Waals surface area (Å²) >= 11 is 0. The lowest BCUT2D eigenvalue weighted by atomic mass is 10.2. The number of hydrogen-bond donors (Lipinski definition) is 0. The molecular weight excluding hydrogens is 308 g/mol. The van der Waals surface area contributed by atoms with Crippen molar-refractivity contribution in [3.8, 4) is 0 Å². The highest BCUT2D eigenvalue weighted by Crippen LogP contribution is 2.18. The summed E-state index contributed by atoms with van der Waals surface area (Å²) in [5, 5.41) is 8.90. The second kappa shape index (κ2) is 6.62. The molecule has 2 amide bonds. The van der Waals surface area contributed by atoms with Crippen LogP contribution in [0.1, 0.15) is 26.0 Å². The number of aryl methyl sites for hydroxylation is 3. The molecule has 2 aromatic rings. The highest BCUT2D eigenvalue weighted by molar-refractivity contribution is 5.79. The molecule has 0 aliphatic carbocycles. The topological polar surface area (TPSA) is 76.3 Å². The summed E-state index contributed by atoms with van der Waals surface area (Å²) in [7, 11) is 0. The second-order valence-electron chi connectivity index (χ2n) is 6.14. The molecule has 3 heterocycles. The number of hydrogen-bond acceptors (Lipinski definition) is 4. The predicted molar refractivity (Wildman–Crippen MR) is 89.4 cm³/mol. The summed E-state index contributed by atoms with van der Waals surface area (Å²) in [6.45, 7) is 9.40. The van der Waals surface area contributed by atoms with E-state index in [0.29, 0.717) is 39.1 Å². The van der Waals surface area contributed by atoms with Gasteiger partial charge in [-0.2, -0.15) is 10.2 Å². The molecule has 1 aliphatic heterocycles. The van der Waals surface area contributed by atoms with Gasteiger partial charge in [0.05, 0.1) is 18.4 Å². The van der Waals surface area contributed by atoms with Gasteiger partial charge < -0.3 is 9.80 Å². The van der Waals surface area contributed by atoms with Crippen molar-refractivity contribution in [2.45, 2.75) is 40.3 Å². The van der Waals surface area contributed by atoms with Gasteiger partial charge in [0.15, 0.2) is 0 Å². The maximum atomic E-state index is 12.4. The molecule has 1 saturated heterocycles. The van der Waals surface area contributed by atoms with Gasteiger partial charge in [0.2, 0.25) is 11.8 Å². The van der Waals surface area contributed by atoms with E-state index in [2.05, 4.69) is 10.2 Å². The fraction of sp³-hybridized carbons (Fsp3) is 0.625. The lowest BCUT2D eigenvalue weighted by molar-refractivity contribution is -0.138. The number of carbonyl (C=O) groups excluding carboxylic acids is 2. The number of aromatic nitrogens is 4. The SMILES string of the molecule is CCn1nc(C)c2c1cnn2CCC(=O)N1CCN(C(C)=O)CC1. The Labute approximate surface area is 141 Å². The van der Waals surface area contributed by atoms with Crippen molar-refractivity contribution in [2.75, 3.05) is 26.2 Å². The van der Waals surface area contributed by atoms with Crippen LogP contribution in [0.15, 0.2) is 6.20 Å². The Balaban J connectivity index is 1.61. The Morgan fingerprint density at radius 2 is 1.79 bits per heavy atom. The zero-order valence-electron chi connectivity index (χ0n) is 14.5. The van der Waals surface area contributed by atoms with Crippen molar-refractivity contribution < 1.29 is 9.59 Å². The molecular formula is C16H24N6O2. The van der Waals surface area contributed by atoms with Crippen molar-refractivity contribution >= 4 is 22.8 Å². The molecule has 2 aromatic heterocycles. The van der Waals surface area contributed by atoms with E-state index in [1.165, 1.54) is 0 Å². The van der Waals surface area contributed by atoms with Gasteiger partial charge in [-0.05, 0) is 13.8 Å².